The van der Waals surface area contributed by atoms with Gasteiger partial charge in [-0.2, -0.15) is 13.2 Å². The number of hydrogen-bond donors (Lipinski definition) is 0. The molecular weight excluding hydrogens is 349 g/mol. The third kappa shape index (κ3) is 5.58. The van der Waals surface area contributed by atoms with E-state index in [1.165, 1.54) is 6.20 Å². The molecule has 4 nitrogen and oxygen atoms in total. The summed E-state index contributed by atoms with van der Waals surface area (Å²) in [5.74, 6) is 0.0408. The van der Waals surface area contributed by atoms with E-state index in [2.05, 4.69) is 4.98 Å². The number of nitrogens with zero attached hydrogens (tertiary/aromatic N) is 2. The maximum atomic E-state index is 12.9. The van der Waals surface area contributed by atoms with Crippen LogP contribution in [-0.4, -0.2) is 41.9 Å². The third-order valence-electron chi connectivity index (χ3n) is 2.91. The van der Waals surface area contributed by atoms with E-state index in [0.717, 1.165) is 22.6 Å². The molecule has 1 heterocycles. The van der Waals surface area contributed by atoms with E-state index in [0.29, 0.717) is 11.3 Å². The normalized spacial score (nSPS) is 12.5. The van der Waals surface area contributed by atoms with Crippen LogP contribution in [0.1, 0.15) is 0 Å². The summed E-state index contributed by atoms with van der Waals surface area (Å²) >= 11 is 1.00. The van der Waals surface area contributed by atoms with Gasteiger partial charge in [0.05, 0.1) is 17.6 Å². The fourth-order valence-electron chi connectivity index (χ4n) is 1.93. The average molecular weight is 364 g/mol. The molecule has 0 atom stereocenters. The van der Waals surface area contributed by atoms with Crippen molar-refractivity contribution < 1.29 is 21.6 Å². The molecule has 2 aromatic rings. The number of aromatic nitrogens is 2. The Morgan fingerprint density at radius 3 is 2.43 bits per heavy atom. The predicted octanol–water partition coefficient (Wildman–Crippen LogP) is 3.25. The number of alkyl halides is 3. The Morgan fingerprint density at radius 1 is 1.22 bits per heavy atom. The minimum absolute atomic E-state index is 0.114. The molecule has 0 fully saturated rings. The first-order chi connectivity index (χ1) is 10.7. The van der Waals surface area contributed by atoms with Crippen molar-refractivity contribution in [2.75, 3.05) is 17.8 Å². The fourth-order valence-corrected chi connectivity index (χ4v) is 4.10. The number of imidazole rings is 1. The first-order valence-corrected chi connectivity index (χ1v) is 9.68. The first-order valence-electron chi connectivity index (χ1n) is 6.64. The maximum absolute atomic E-state index is 12.9. The van der Waals surface area contributed by atoms with Crippen LogP contribution in [0.2, 0.25) is 0 Å². The van der Waals surface area contributed by atoms with Crippen molar-refractivity contribution in [2.45, 2.75) is 17.9 Å². The van der Waals surface area contributed by atoms with Gasteiger partial charge in [0.2, 0.25) is 0 Å². The van der Waals surface area contributed by atoms with Crippen molar-refractivity contribution in [2.24, 2.45) is 0 Å². The van der Waals surface area contributed by atoms with Gasteiger partial charge in [-0.25, -0.2) is 13.4 Å². The van der Waals surface area contributed by atoms with Crippen molar-refractivity contribution >= 4 is 21.6 Å². The van der Waals surface area contributed by atoms with Crippen LogP contribution in [0.15, 0.2) is 41.7 Å². The molecule has 0 aliphatic rings. The first kappa shape index (κ1) is 17.9. The molecule has 2 rings (SSSR count). The Bertz CT molecular complexity index is 756. The van der Waals surface area contributed by atoms with Gasteiger partial charge < -0.3 is 4.57 Å². The maximum Gasteiger partial charge on any atom is 0.406 e. The van der Waals surface area contributed by atoms with Gasteiger partial charge in [0.1, 0.15) is 16.4 Å². The molecular formula is C14H15F3N2O2S2. The second-order valence-corrected chi connectivity index (χ2v) is 8.29. The Labute approximate surface area is 136 Å². The zero-order valence-electron chi connectivity index (χ0n) is 12.2. The number of halogens is 3. The largest absolute Gasteiger partial charge is 0.406 e. The van der Waals surface area contributed by atoms with Crippen LogP contribution in [0.5, 0.6) is 0 Å². The topological polar surface area (TPSA) is 52.0 Å². The average Bonchev–Trinajstić information content (AvgIpc) is 2.79. The van der Waals surface area contributed by atoms with Gasteiger partial charge in [-0.3, -0.25) is 0 Å². The Balaban J connectivity index is 2.30. The minimum Gasteiger partial charge on any atom is -0.310 e. The Kier molecular flexibility index (Phi) is 5.41. The summed E-state index contributed by atoms with van der Waals surface area (Å²) in [5, 5.41) is 0.157. The summed E-state index contributed by atoms with van der Waals surface area (Å²) in [6.45, 7) is -1.17. The van der Waals surface area contributed by atoms with E-state index in [1.54, 1.807) is 30.3 Å². The molecule has 1 aromatic heterocycles. The molecule has 0 N–H and O–H groups in total. The SMILES string of the molecule is CS(=O)(=O)CCSc1ncc(-c2ccccc2)n1CC(F)(F)F. The van der Waals surface area contributed by atoms with Crippen LogP contribution in [-0.2, 0) is 16.4 Å². The van der Waals surface area contributed by atoms with Gasteiger partial charge in [-0.15, -0.1) is 0 Å². The van der Waals surface area contributed by atoms with Crippen molar-refractivity contribution in [1.29, 1.82) is 0 Å². The molecule has 0 radical (unpaired) electrons. The zero-order valence-corrected chi connectivity index (χ0v) is 13.9. The fraction of sp³-hybridized carbons (Fsp3) is 0.357. The summed E-state index contributed by atoms with van der Waals surface area (Å²) < 4.78 is 61.9. The quantitative estimate of drug-likeness (QED) is 0.739. The van der Waals surface area contributed by atoms with Crippen molar-refractivity contribution in [3.63, 3.8) is 0 Å². The standard InChI is InChI=1S/C14H15F3N2O2S2/c1-23(20,21)8-7-22-13-18-9-12(11-5-3-2-4-6-11)19(13)10-14(15,16)17/h2-6,9H,7-8,10H2,1H3. The summed E-state index contributed by atoms with van der Waals surface area (Å²) in [5.41, 5.74) is 0.976. The number of benzene rings is 1. The van der Waals surface area contributed by atoms with Gasteiger partial charge >= 0.3 is 6.18 Å². The van der Waals surface area contributed by atoms with Crippen LogP contribution in [0.4, 0.5) is 13.2 Å². The molecule has 0 aliphatic heterocycles. The van der Waals surface area contributed by atoms with Gasteiger partial charge in [-0.1, -0.05) is 42.1 Å². The summed E-state index contributed by atoms with van der Waals surface area (Å²) in [6.07, 6.45) is -1.93. The predicted molar refractivity (Wildman–Crippen MR) is 84.2 cm³/mol. The number of sulfone groups is 1. The van der Waals surface area contributed by atoms with Crippen molar-refractivity contribution in [3.05, 3.63) is 36.5 Å². The number of thioether (sulfide) groups is 1. The van der Waals surface area contributed by atoms with Gasteiger partial charge in [0, 0.05) is 12.0 Å². The molecule has 0 bridgehead atoms. The molecule has 0 saturated carbocycles. The lowest BCUT2D eigenvalue weighted by Gasteiger charge is -2.14. The van der Waals surface area contributed by atoms with E-state index >= 15 is 0 Å². The van der Waals surface area contributed by atoms with Crippen LogP contribution in [0, 0.1) is 0 Å². The molecule has 0 spiro atoms. The molecule has 0 amide bonds. The minimum atomic E-state index is -4.39. The summed E-state index contributed by atoms with van der Waals surface area (Å²) in [6, 6.07) is 8.65. The summed E-state index contributed by atoms with van der Waals surface area (Å²) in [7, 11) is -3.17. The number of rotatable bonds is 6. The molecule has 0 unspecified atom stereocenters. The van der Waals surface area contributed by atoms with Crippen LogP contribution in [0.3, 0.4) is 0 Å². The zero-order chi connectivity index (χ0) is 17.1. The molecule has 0 saturated heterocycles. The Morgan fingerprint density at radius 2 is 1.87 bits per heavy atom. The van der Waals surface area contributed by atoms with Crippen LogP contribution >= 0.6 is 11.8 Å². The van der Waals surface area contributed by atoms with Gasteiger partial charge in [0.15, 0.2) is 5.16 Å². The molecule has 1 aromatic carbocycles. The highest BCUT2D eigenvalue weighted by Crippen LogP contribution is 2.29. The lowest BCUT2D eigenvalue weighted by atomic mass is 10.2. The molecule has 23 heavy (non-hydrogen) atoms. The lowest BCUT2D eigenvalue weighted by molar-refractivity contribution is -0.141. The highest BCUT2D eigenvalue weighted by molar-refractivity contribution is 8.00. The second-order valence-electron chi connectivity index (χ2n) is 4.97. The van der Waals surface area contributed by atoms with Crippen molar-refractivity contribution in [1.82, 2.24) is 9.55 Å². The summed E-state index contributed by atoms with van der Waals surface area (Å²) in [4.78, 5) is 4.03. The smallest absolute Gasteiger partial charge is 0.310 e. The van der Waals surface area contributed by atoms with Crippen LogP contribution in [0.25, 0.3) is 11.3 Å². The van der Waals surface area contributed by atoms with E-state index < -0.39 is 22.6 Å². The Hall–Kier alpha value is -1.48. The van der Waals surface area contributed by atoms with Gasteiger partial charge in [-0.05, 0) is 5.56 Å². The van der Waals surface area contributed by atoms with Gasteiger partial charge in [0.25, 0.3) is 0 Å². The third-order valence-corrected chi connectivity index (χ3v) is 5.11. The van der Waals surface area contributed by atoms with E-state index in [9.17, 15) is 21.6 Å². The molecule has 0 aliphatic carbocycles. The highest BCUT2D eigenvalue weighted by atomic mass is 32.2. The van der Waals surface area contributed by atoms with Crippen LogP contribution < -0.4 is 0 Å². The highest BCUT2D eigenvalue weighted by Gasteiger charge is 2.30. The van der Waals surface area contributed by atoms with E-state index in [4.69, 9.17) is 0 Å². The lowest BCUT2D eigenvalue weighted by Crippen LogP contribution is -2.19. The van der Waals surface area contributed by atoms with E-state index in [1.807, 2.05) is 0 Å². The van der Waals surface area contributed by atoms with Crippen molar-refractivity contribution in [3.8, 4) is 11.3 Å². The second kappa shape index (κ2) is 6.96. The number of hydrogen-bond acceptors (Lipinski definition) is 4. The monoisotopic (exact) mass is 364 g/mol. The van der Waals surface area contributed by atoms with E-state index in [-0.39, 0.29) is 16.7 Å². The molecule has 126 valence electrons. The molecule has 9 heteroatoms.